The zero-order valence-electron chi connectivity index (χ0n) is 14.8. The van der Waals surface area contributed by atoms with E-state index in [0.717, 1.165) is 22.5 Å². The van der Waals surface area contributed by atoms with Crippen LogP contribution in [0.5, 0.6) is 5.75 Å². The van der Waals surface area contributed by atoms with Crippen molar-refractivity contribution in [2.75, 3.05) is 24.2 Å². The normalized spacial score (nSPS) is 13.6. The second kappa shape index (κ2) is 9.57. The highest BCUT2D eigenvalue weighted by atomic mass is 79.9. The SMILES string of the molecule is CCN1CC(Oc2ccccc2)=NC(SCC(=O)Nc2ccc(Br)cc2)=N1. The van der Waals surface area contributed by atoms with E-state index in [1.165, 1.54) is 11.8 Å². The number of hydrogen-bond donors (Lipinski definition) is 1. The van der Waals surface area contributed by atoms with Crippen molar-refractivity contribution in [1.82, 2.24) is 5.01 Å². The van der Waals surface area contributed by atoms with Crippen molar-refractivity contribution in [3.8, 4) is 5.75 Å². The molecule has 0 atom stereocenters. The molecule has 2 aromatic carbocycles. The summed E-state index contributed by atoms with van der Waals surface area (Å²) in [5, 5.41) is 9.67. The fraction of sp³-hybridized carbons (Fsp3) is 0.211. The summed E-state index contributed by atoms with van der Waals surface area (Å²) in [5.74, 6) is 1.40. The Morgan fingerprint density at radius 2 is 1.96 bits per heavy atom. The number of halogens is 1. The van der Waals surface area contributed by atoms with Gasteiger partial charge >= 0.3 is 0 Å². The molecule has 1 aliphatic rings. The molecule has 0 bridgehead atoms. The number of nitrogens with zero attached hydrogens (tertiary/aromatic N) is 3. The molecule has 2 aromatic rings. The zero-order valence-corrected chi connectivity index (χ0v) is 17.2. The summed E-state index contributed by atoms with van der Waals surface area (Å²) in [5.41, 5.74) is 0.751. The van der Waals surface area contributed by atoms with Gasteiger partial charge in [-0.2, -0.15) is 4.99 Å². The van der Waals surface area contributed by atoms with Gasteiger partial charge < -0.3 is 10.1 Å². The van der Waals surface area contributed by atoms with E-state index in [1.807, 2.05) is 66.5 Å². The fourth-order valence-electron chi connectivity index (χ4n) is 2.26. The first kappa shape index (κ1) is 19.4. The van der Waals surface area contributed by atoms with Crippen molar-refractivity contribution in [1.29, 1.82) is 0 Å². The third-order valence-electron chi connectivity index (χ3n) is 3.57. The molecule has 1 N–H and O–H groups in total. The number of hydrogen-bond acceptors (Lipinski definition) is 6. The summed E-state index contributed by atoms with van der Waals surface area (Å²) in [7, 11) is 0. The van der Waals surface area contributed by atoms with Gasteiger partial charge in [0.05, 0.1) is 5.75 Å². The van der Waals surface area contributed by atoms with Gasteiger partial charge in [-0.15, -0.1) is 5.10 Å². The van der Waals surface area contributed by atoms with Crippen molar-refractivity contribution >= 4 is 50.4 Å². The minimum Gasteiger partial charge on any atom is -0.441 e. The molecule has 27 heavy (non-hydrogen) atoms. The zero-order chi connectivity index (χ0) is 19.1. The van der Waals surface area contributed by atoms with Gasteiger partial charge in [0.15, 0.2) is 0 Å². The lowest BCUT2D eigenvalue weighted by molar-refractivity contribution is -0.113. The average Bonchev–Trinajstić information content (AvgIpc) is 2.69. The molecule has 1 aliphatic heterocycles. The van der Waals surface area contributed by atoms with E-state index >= 15 is 0 Å². The van der Waals surface area contributed by atoms with Crippen LogP contribution in [0.15, 0.2) is 69.2 Å². The Hall–Kier alpha value is -2.32. The summed E-state index contributed by atoms with van der Waals surface area (Å²) in [4.78, 5) is 16.6. The van der Waals surface area contributed by atoms with Gasteiger partial charge in [-0.05, 0) is 43.3 Å². The van der Waals surface area contributed by atoms with E-state index < -0.39 is 0 Å². The smallest absolute Gasteiger partial charge is 0.234 e. The lowest BCUT2D eigenvalue weighted by Crippen LogP contribution is -2.33. The number of amidine groups is 1. The van der Waals surface area contributed by atoms with Crippen LogP contribution >= 0.6 is 27.7 Å². The van der Waals surface area contributed by atoms with Crippen molar-refractivity contribution in [3.63, 3.8) is 0 Å². The van der Waals surface area contributed by atoms with Gasteiger partial charge in [-0.25, -0.2) is 0 Å². The predicted molar refractivity (Wildman–Crippen MR) is 114 cm³/mol. The molecule has 8 heteroatoms. The maximum Gasteiger partial charge on any atom is 0.234 e. The van der Waals surface area contributed by atoms with Crippen LogP contribution in [0.3, 0.4) is 0 Å². The van der Waals surface area contributed by atoms with Crippen LogP contribution in [-0.2, 0) is 4.79 Å². The van der Waals surface area contributed by atoms with E-state index in [2.05, 4.69) is 31.3 Å². The maximum atomic E-state index is 12.2. The highest BCUT2D eigenvalue weighted by molar-refractivity contribution is 9.10. The first-order valence-corrected chi connectivity index (χ1v) is 10.2. The van der Waals surface area contributed by atoms with Gasteiger partial charge in [0.1, 0.15) is 12.3 Å². The Balaban J connectivity index is 1.59. The number of amides is 1. The van der Waals surface area contributed by atoms with Gasteiger partial charge in [0.2, 0.25) is 17.0 Å². The number of para-hydroxylation sites is 1. The minimum atomic E-state index is -0.112. The summed E-state index contributed by atoms with van der Waals surface area (Å²) < 4.78 is 6.80. The summed E-state index contributed by atoms with van der Waals surface area (Å²) in [6, 6.07) is 16.9. The van der Waals surface area contributed by atoms with Gasteiger partial charge in [0, 0.05) is 16.7 Å². The molecule has 0 saturated carbocycles. The van der Waals surface area contributed by atoms with Crippen LogP contribution in [-0.4, -0.2) is 40.8 Å². The van der Waals surface area contributed by atoms with Crippen LogP contribution in [0.1, 0.15) is 6.92 Å². The topological polar surface area (TPSA) is 66.3 Å². The number of nitrogens with one attached hydrogen (secondary N) is 1. The van der Waals surface area contributed by atoms with Crippen molar-refractivity contribution in [2.24, 2.45) is 10.1 Å². The number of hydrazone groups is 1. The second-order valence-electron chi connectivity index (χ2n) is 5.63. The molecule has 6 nitrogen and oxygen atoms in total. The van der Waals surface area contributed by atoms with Crippen LogP contribution in [0.4, 0.5) is 5.69 Å². The number of carbonyl (C=O) groups excluding carboxylic acids is 1. The van der Waals surface area contributed by atoms with Gasteiger partial charge in [-0.1, -0.05) is 45.9 Å². The van der Waals surface area contributed by atoms with Crippen LogP contribution < -0.4 is 10.1 Å². The van der Waals surface area contributed by atoms with E-state index in [0.29, 0.717) is 17.6 Å². The second-order valence-corrected chi connectivity index (χ2v) is 7.49. The molecule has 3 rings (SSSR count). The fourth-order valence-corrected chi connectivity index (χ4v) is 3.20. The average molecular weight is 447 g/mol. The molecule has 0 fully saturated rings. The standard InChI is InChI=1S/C19H19BrN4O2S/c1-2-24-12-18(26-16-6-4-3-5-7-16)22-19(23-24)27-13-17(25)21-15-10-8-14(20)9-11-15/h3-11H,2,12-13H2,1H3,(H,21,25). The van der Waals surface area contributed by atoms with Gasteiger partial charge in [0.25, 0.3) is 0 Å². The molecular formula is C19H19BrN4O2S. The number of anilines is 1. The summed E-state index contributed by atoms with van der Waals surface area (Å²) >= 11 is 4.65. The van der Waals surface area contributed by atoms with E-state index in [1.54, 1.807) is 0 Å². The molecule has 0 saturated heterocycles. The molecule has 1 amide bonds. The number of rotatable bonds is 5. The van der Waals surface area contributed by atoms with Crippen LogP contribution in [0.2, 0.25) is 0 Å². The third kappa shape index (κ3) is 6.11. The quantitative estimate of drug-likeness (QED) is 0.746. The van der Waals surface area contributed by atoms with Crippen molar-refractivity contribution in [3.05, 3.63) is 59.1 Å². The van der Waals surface area contributed by atoms with E-state index in [9.17, 15) is 4.79 Å². The van der Waals surface area contributed by atoms with E-state index in [-0.39, 0.29) is 11.7 Å². The Labute approximate surface area is 170 Å². The highest BCUT2D eigenvalue weighted by Gasteiger charge is 2.17. The molecule has 1 heterocycles. The number of thioether (sulfide) groups is 1. The first-order valence-electron chi connectivity index (χ1n) is 8.44. The highest BCUT2D eigenvalue weighted by Crippen LogP contribution is 2.17. The number of aliphatic imine (C=N–C) groups is 1. The molecular weight excluding hydrogens is 428 g/mol. The number of benzene rings is 2. The van der Waals surface area contributed by atoms with Crippen LogP contribution in [0.25, 0.3) is 0 Å². The number of ether oxygens (including phenoxy) is 1. The number of carbonyl (C=O) groups is 1. The van der Waals surface area contributed by atoms with Crippen LogP contribution in [0, 0.1) is 0 Å². The Morgan fingerprint density at radius 3 is 2.67 bits per heavy atom. The predicted octanol–water partition coefficient (Wildman–Crippen LogP) is 4.20. The monoisotopic (exact) mass is 446 g/mol. The summed E-state index contributed by atoms with van der Waals surface area (Å²) in [6.45, 7) is 3.24. The third-order valence-corrected chi connectivity index (χ3v) is 4.94. The molecule has 0 unspecified atom stereocenters. The Kier molecular flexibility index (Phi) is 6.89. The minimum absolute atomic E-state index is 0.112. The molecule has 0 radical (unpaired) electrons. The molecule has 0 spiro atoms. The Morgan fingerprint density at radius 1 is 1.22 bits per heavy atom. The molecule has 140 valence electrons. The largest absolute Gasteiger partial charge is 0.441 e. The molecule has 0 aromatic heterocycles. The maximum absolute atomic E-state index is 12.2. The van der Waals surface area contributed by atoms with Gasteiger partial charge in [-0.3, -0.25) is 9.80 Å². The summed E-state index contributed by atoms with van der Waals surface area (Å²) in [6.07, 6.45) is 0. The lowest BCUT2D eigenvalue weighted by Gasteiger charge is -2.23. The number of likely N-dealkylation sites (N-methyl/N-ethyl adjacent to an activating group) is 1. The lowest BCUT2D eigenvalue weighted by atomic mass is 10.3. The van der Waals surface area contributed by atoms with Crippen molar-refractivity contribution in [2.45, 2.75) is 6.92 Å². The Bertz CT molecular complexity index is 841. The van der Waals surface area contributed by atoms with E-state index in [4.69, 9.17) is 4.74 Å². The van der Waals surface area contributed by atoms with Crippen molar-refractivity contribution < 1.29 is 9.53 Å². The molecule has 0 aliphatic carbocycles. The first-order chi connectivity index (χ1) is 13.1.